The van der Waals surface area contributed by atoms with Crippen LogP contribution in [0.3, 0.4) is 0 Å². The molecule has 0 radical (unpaired) electrons. The van der Waals surface area contributed by atoms with Gasteiger partial charge in [0.05, 0.1) is 17.9 Å². The average molecular weight is 286 g/mol. The minimum Gasteiger partial charge on any atom is -0.454 e. The van der Waals surface area contributed by atoms with Crippen LogP contribution in [0, 0.1) is 0 Å². The maximum Gasteiger partial charge on any atom is 0.252 e. The van der Waals surface area contributed by atoms with Crippen LogP contribution < -0.4 is 16.2 Å². The Balaban J connectivity index is 2.20. The summed E-state index contributed by atoms with van der Waals surface area (Å²) in [5.41, 5.74) is 13.0. The molecule has 0 fully saturated rings. The van der Waals surface area contributed by atoms with Gasteiger partial charge in [-0.25, -0.2) is 0 Å². The van der Waals surface area contributed by atoms with Gasteiger partial charge in [0, 0.05) is 7.11 Å². The van der Waals surface area contributed by atoms with E-state index in [2.05, 4.69) is 0 Å². The van der Waals surface area contributed by atoms with Crippen molar-refractivity contribution in [2.24, 2.45) is 5.73 Å². The largest absolute Gasteiger partial charge is 0.454 e. The van der Waals surface area contributed by atoms with Gasteiger partial charge in [-0.05, 0) is 36.2 Å². The number of nitrogens with two attached hydrogens (primary N) is 2. The number of nitrogen functional groups attached to an aromatic ring is 1. The maximum absolute atomic E-state index is 11.4. The summed E-state index contributed by atoms with van der Waals surface area (Å²) >= 11 is 0. The highest BCUT2D eigenvalue weighted by Crippen LogP contribution is 2.31. The number of benzene rings is 2. The van der Waals surface area contributed by atoms with E-state index in [0.29, 0.717) is 18.0 Å². The fourth-order valence-corrected chi connectivity index (χ4v) is 1.92. The fraction of sp³-hybridized carbons (Fsp3) is 0.188. The lowest BCUT2D eigenvalue weighted by Crippen LogP contribution is -2.13. The number of carbonyl (C=O) groups excluding carboxylic acids is 1. The van der Waals surface area contributed by atoms with E-state index < -0.39 is 5.91 Å². The molecule has 5 nitrogen and oxygen atoms in total. The highest BCUT2D eigenvalue weighted by atomic mass is 16.5. The van der Waals surface area contributed by atoms with Gasteiger partial charge in [0.1, 0.15) is 5.75 Å². The van der Waals surface area contributed by atoms with Crippen LogP contribution in [0.5, 0.6) is 11.5 Å². The van der Waals surface area contributed by atoms with Crippen molar-refractivity contribution in [2.45, 2.75) is 6.42 Å². The van der Waals surface area contributed by atoms with Crippen LogP contribution in [0.2, 0.25) is 0 Å². The first-order valence-electron chi connectivity index (χ1n) is 6.56. The number of methoxy groups -OCH3 is 1. The highest BCUT2D eigenvalue weighted by Gasteiger charge is 2.13. The fourth-order valence-electron chi connectivity index (χ4n) is 1.92. The summed E-state index contributed by atoms with van der Waals surface area (Å²) in [6.45, 7) is 0.664. The van der Waals surface area contributed by atoms with Gasteiger partial charge < -0.3 is 20.9 Å². The second kappa shape index (κ2) is 6.76. The molecule has 0 saturated carbocycles. The number of ether oxygens (including phenoxy) is 2. The lowest BCUT2D eigenvalue weighted by Gasteiger charge is -2.12. The van der Waals surface area contributed by atoms with Gasteiger partial charge in [0.15, 0.2) is 5.75 Å². The Hall–Kier alpha value is -2.53. The zero-order valence-electron chi connectivity index (χ0n) is 11.8. The van der Waals surface area contributed by atoms with Crippen molar-refractivity contribution in [1.82, 2.24) is 0 Å². The standard InChI is InChI=1S/C16H18N2O3/c1-20-10-9-11-5-7-12(8-6-11)21-15-13(16(18)19)3-2-4-14(15)17/h2-8H,9-10,17H2,1H3,(H2,18,19). The zero-order valence-corrected chi connectivity index (χ0v) is 11.8. The maximum atomic E-state index is 11.4. The van der Waals surface area contributed by atoms with Crippen molar-refractivity contribution >= 4 is 11.6 Å². The third-order valence-corrected chi connectivity index (χ3v) is 3.05. The molecule has 0 aliphatic carbocycles. The van der Waals surface area contributed by atoms with Crippen LogP contribution in [0.1, 0.15) is 15.9 Å². The minimum atomic E-state index is -0.575. The number of hydrogen-bond donors (Lipinski definition) is 2. The molecule has 5 heteroatoms. The predicted octanol–water partition coefficient (Wildman–Crippen LogP) is 2.35. The van der Waals surface area contributed by atoms with Crippen molar-refractivity contribution < 1.29 is 14.3 Å². The van der Waals surface area contributed by atoms with Crippen LogP contribution >= 0.6 is 0 Å². The SMILES string of the molecule is COCCc1ccc(Oc2c(N)cccc2C(N)=O)cc1. The molecule has 0 bridgehead atoms. The lowest BCUT2D eigenvalue weighted by molar-refractivity contribution is 0.0998. The first kappa shape index (κ1) is 14.9. The third kappa shape index (κ3) is 3.73. The van der Waals surface area contributed by atoms with Crippen molar-refractivity contribution in [3.63, 3.8) is 0 Å². The molecule has 2 aromatic rings. The molecule has 2 rings (SSSR count). The van der Waals surface area contributed by atoms with Crippen LogP contribution in [0.4, 0.5) is 5.69 Å². The summed E-state index contributed by atoms with van der Waals surface area (Å²) in [5.74, 6) is 0.306. The molecule has 4 N–H and O–H groups in total. The average Bonchev–Trinajstić information content (AvgIpc) is 2.48. The van der Waals surface area contributed by atoms with E-state index in [1.807, 2.05) is 24.3 Å². The molecule has 21 heavy (non-hydrogen) atoms. The first-order valence-corrected chi connectivity index (χ1v) is 6.56. The van der Waals surface area contributed by atoms with Crippen LogP contribution in [0.25, 0.3) is 0 Å². The minimum absolute atomic E-state index is 0.262. The summed E-state index contributed by atoms with van der Waals surface area (Å²) in [7, 11) is 1.67. The number of hydrogen-bond acceptors (Lipinski definition) is 4. The van der Waals surface area contributed by atoms with E-state index in [9.17, 15) is 4.79 Å². The smallest absolute Gasteiger partial charge is 0.252 e. The van der Waals surface area contributed by atoms with Crippen molar-refractivity contribution in [3.05, 3.63) is 53.6 Å². The topological polar surface area (TPSA) is 87.6 Å². The number of rotatable bonds is 6. The van der Waals surface area contributed by atoms with E-state index in [4.69, 9.17) is 20.9 Å². The molecule has 2 aromatic carbocycles. The molecule has 0 unspecified atom stereocenters. The number of carbonyl (C=O) groups is 1. The van der Waals surface area contributed by atoms with Crippen LogP contribution in [0.15, 0.2) is 42.5 Å². The van der Waals surface area contributed by atoms with Gasteiger partial charge in [0.25, 0.3) is 5.91 Å². The Bertz CT molecular complexity index is 624. The van der Waals surface area contributed by atoms with Gasteiger partial charge in [-0.15, -0.1) is 0 Å². The molecule has 0 atom stereocenters. The highest BCUT2D eigenvalue weighted by molar-refractivity contribution is 5.97. The van der Waals surface area contributed by atoms with Gasteiger partial charge in [-0.1, -0.05) is 18.2 Å². The van der Waals surface area contributed by atoms with Crippen molar-refractivity contribution in [1.29, 1.82) is 0 Å². The quantitative estimate of drug-likeness (QED) is 0.798. The Kier molecular flexibility index (Phi) is 4.79. The Morgan fingerprint density at radius 2 is 1.86 bits per heavy atom. The Morgan fingerprint density at radius 1 is 1.14 bits per heavy atom. The monoisotopic (exact) mass is 286 g/mol. The predicted molar refractivity (Wildman–Crippen MR) is 81.5 cm³/mol. The zero-order chi connectivity index (χ0) is 15.2. The molecule has 0 aromatic heterocycles. The molecule has 0 aliphatic heterocycles. The molecule has 0 saturated heterocycles. The Morgan fingerprint density at radius 3 is 2.48 bits per heavy atom. The van der Waals surface area contributed by atoms with E-state index in [0.717, 1.165) is 12.0 Å². The van der Waals surface area contributed by atoms with Gasteiger partial charge in [0.2, 0.25) is 0 Å². The number of anilines is 1. The van der Waals surface area contributed by atoms with E-state index in [-0.39, 0.29) is 11.3 Å². The van der Waals surface area contributed by atoms with E-state index in [1.54, 1.807) is 25.3 Å². The number of amides is 1. The van der Waals surface area contributed by atoms with Gasteiger partial charge in [-0.2, -0.15) is 0 Å². The molecule has 110 valence electrons. The number of primary amides is 1. The Labute approximate surface area is 123 Å². The normalized spacial score (nSPS) is 10.3. The van der Waals surface area contributed by atoms with Crippen LogP contribution in [-0.4, -0.2) is 19.6 Å². The molecular weight excluding hydrogens is 268 g/mol. The van der Waals surface area contributed by atoms with E-state index >= 15 is 0 Å². The second-order valence-corrected chi connectivity index (χ2v) is 4.58. The molecule has 0 spiro atoms. The van der Waals surface area contributed by atoms with Crippen molar-refractivity contribution in [2.75, 3.05) is 19.5 Å². The summed E-state index contributed by atoms with van der Waals surface area (Å²) in [6.07, 6.45) is 0.830. The molecular formula is C16H18N2O3. The lowest BCUT2D eigenvalue weighted by atomic mass is 10.1. The van der Waals surface area contributed by atoms with Gasteiger partial charge >= 0.3 is 0 Å². The van der Waals surface area contributed by atoms with Crippen LogP contribution in [-0.2, 0) is 11.2 Å². The third-order valence-electron chi connectivity index (χ3n) is 3.05. The first-order chi connectivity index (χ1) is 10.1. The second-order valence-electron chi connectivity index (χ2n) is 4.58. The van der Waals surface area contributed by atoms with Crippen molar-refractivity contribution in [3.8, 4) is 11.5 Å². The van der Waals surface area contributed by atoms with Gasteiger partial charge in [-0.3, -0.25) is 4.79 Å². The molecule has 0 heterocycles. The summed E-state index contributed by atoms with van der Waals surface area (Å²) in [6, 6.07) is 12.4. The molecule has 1 amide bonds. The summed E-state index contributed by atoms with van der Waals surface area (Å²) < 4.78 is 10.7. The summed E-state index contributed by atoms with van der Waals surface area (Å²) in [4.78, 5) is 11.4. The van der Waals surface area contributed by atoms with E-state index in [1.165, 1.54) is 0 Å². The summed E-state index contributed by atoms with van der Waals surface area (Å²) in [5, 5.41) is 0. The number of para-hydroxylation sites is 1. The molecule has 0 aliphatic rings.